The van der Waals surface area contributed by atoms with Gasteiger partial charge >= 0.3 is 6.18 Å². The van der Waals surface area contributed by atoms with Crippen molar-refractivity contribution in [3.63, 3.8) is 0 Å². The number of carbonyl (C=O) groups is 2. The zero-order valence-electron chi connectivity index (χ0n) is 19.1. The number of halogens is 4. The second-order valence-corrected chi connectivity index (χ2v) is 9.70. The van der Waals surface area contributed by atoms with Crippen LogP contribution in [-0.4, -0.2) is 56.6 Å². The fourth-order valence-electron chi connectivity index (χ4n) is 3.63. The molecular weight excluding hydrogens is 535 g/mol. The van der Waals surface area contributed by atoms with Crippen LogP contribution in [0, 0.1) is 5.92 Å². The van der Waals surface area contributed by atoms with E-state index in [0.29, 0.717) is 16.9 Å². The minimum atomic E-state index is -4.70. The Morgan fingerprint density at radius 2 is 1.86 bits per heavy atom. The molecule has 0 aliphatic carbocycles. The van der Waals surface area contributed by atoms with Crippen LogP contribution in [0.25, 0.3) is 0 Å². The first-order valence-corrected chi connectivity index (χ1v) is 12.3. The Morgan fingerprint density at radius 1 is 1.11 bits per heavy atom. The predicted octanol–water partition coefficient (Wildman–Crippen LogP) is 3.39. The lowest BCUT2D eigenvalue weighted by Gasteiger charge is -2.31. The Hall–Kier alpha value is -3.36. The third-order valence-electron chi connectivity index (χ3n) is 5.66. The zero-order valence-corrected chi connectivity index (χ0v) is 20.7. The number of alkyl halides is 3. The van der Waals surface area contributed by atoms with Crippen LogP contribution in [0.2, 0.25) is 5.02 Å². The first kappa shape index (κ1) is 26.7. The monoisotopic (exact) mass is 555 g/mol. The van der Waals surface area contributed by atoms with E-state index < -0.39 is 28.6 Å². The minimum absolute atomic E-state index is 0.00935. The van der Waals surface area contributed by atoms with Crippen molar-refractivity contribution in [2.45, 2.75) is 25.6 Å². The number of piperidine rings is 1. The van der Waals surface area contributed by atoms with Gasteiger partial charge in [0.15, 0.2) is 0 Å². The van der Waals surface area contributed by atoms with Crippen LogP contribution in [-0.2, 0) is 12.7 Å². The standard InChI is InChI=1S/C22H21ClF3N7O3S/c23-14-7-27-17(5-13(14)22(24,25)26)32-21(36)16-8-28-19(37-16)9-29-20(35)15-6-18(31-11-30-15)33-3-1-12(10-34)2-4-33/h5-8,11-12,34H,1-4,9-10H2,(H,29,35)(H,27,32,36). The Bertz CT molecular complexity index is 1280. The van der Waals surface area contributed by atoms with Crippen molar-refractivity contribution in [3.8, 4) is 0 Å². The maximum atomic E-state index is 13.0. The molecule has 0 aromatic carbocycles. The molecule has 4 rings (SSSR count). The molecule has 0 saturated carbocycles. The van der Waals surface area contributed by atoms with Gasteiger partial charge in [0.25, 0.3) is 11.8 Å². The van der Waals surface area contributed by atoms with E-state index in [9.17, 15) is 27.9 Å². The summed E-state index contributed by atoms with van der Waals surface area (Å²) >= 11 is 6.51. The smallest absolute Gasteiger partial charge is 0.396 e. The average molecular weight is 556 g/mol. The van der Waals surface area contributed by atoms with E-state index in [1.165, 1.54) is 12.5 Å². The van der Waals surface area contributed by atoms with Gasteiger partial charge in [0, 0.05) is 32.0 Å². The van der Waals surface area contributed by atoms with Crippen molar-refractivity contribution in [2.75, 3.05) is 29.9 Å². The highest BCUT2D eigenvalue weighted by molar-refractivity contribution is 7.13. The van der Waals surface area contributed by atoms with E-state index >= 15 is 0 Å². The Morgan fingerprint density at radius 3 is 2.57 bits per heavy atom. The highest BCUT2D eigenvalue weighted by Crippen LogP contribution is 2.35. The SMILES string of the molecule is O=C(NCc1ncc(C(=O)Nc2cc(C(F)(F)F)c(Cl)cn2)s1)c1cc(N2CCC(CO)CC2)ncn1. The molecular formula is C22H21ClF3N7O3S. The molecule has 1 aliphatic rings. The Kier molecular flexibility index (Phi) is 8.19. The average Bonchev–Trinajstić information content (AvgIpc) is 3.37. The Labute approximate surface area is 217 Å². The summed E-state index contributed by atoms with van der Waals surface area (Å²) in [5, 5.41) is 14.1. The largest absolute Gasteiger partial charge is 0.418 e. The van der Waals surface area contributed by atoms with Crippen LogP contribution < -0.4 is 15.5 Å². The number of hydrogen-bond acceptors (Lipinski definition) is 9. The van der Waals surface area contributed by atoms with Crippen molar-refractivity contribution < 1.29 is 27.9 Å². The normalized spacial score (nSPS) is 14.5. The summed E-state index contributed by atoms with van der Waals surface area (Å²) in [5.41, 5.74) is -0.951. The van der Waals surface area contributed by atoms with E-state index in [4.69, 9.17) is 11.6 Å². The zero-order chi connectivity index (χ0) is 26.6. The molecule has 4 heterocycles. The third-order valence-corrected chi connectivity index (χ3v) is 6.96. The van der Waals surface area contributed by atoms with Gasteiger partial charge in [-0.2, -0.15) is 13.2 Å². The molecule has 0 bridgehead atoms. The lowest BCUT2D eigenvalue weighted by atomic mass is 9.98. The van der Waals surface area contributed by atoms with Crippen LogP contribution in [0.3, 0.4) is 0 Å². The van der Waals surface area contributed by atoms with Crippen LogP contribution in [0.4, 0.5) is 24.8 Å². The molecule has 196 valence electrons. The van der Waals surface area contributed by atoms with Gasteiger partial charge < -0.3 is 20.6 Å². The van der Waals surface area contributed by atoms with Crippen LogP contribution >= 0.6 is 22.9 Å². The molecule has 10 nitrogen and oxygen atoms in total. The second-order valence-electron chi connectivity index (χ2n) is 8.18. The van der Waals surface area contributed by atoms with Gasteiger partial charge in [-0.3, -0.25) is 9.59 Å². The summed E-state index contributed by atoms with van der Waals surface area (Å²) in [5.74, 6) is -0.589. The van der Waals surface area contributed by atoms with Crippen molar-refractivity contribution in [1.82, 2.24) is 25.3 Å². The lowest BCUT2D eigenvalue weighted by Crippen LogP contribution is -2.35. The fourth-order valence-corrected chi connectivity index (χ4v) is 4.60. The number of anilines is 2. The van der Waals surface area contributed by atoms with Crippen molar-refractivity contribution in [2.24, 2.45) is 5.92 Å². The number of aliphatic hydroxyl groups is 1. The van der Waals surface area contributed by atoms with Gasteiger partial charge in [0.05, 0.1) is 23.3 Å². The maximum Gasteiger partial charge on any atom is 0.418 e. The number of thiazole rings is 1. The molecule has 1 saturated heterocycles. The predicted molar refractivity (Wildman–Crippen MR) is 130 cm³/mol. The number of carbonyl (C=O) groups excluding carboxylic acids is 2. The van der Waals surface area contributed by atoms with E-state index in [0.717, 1.165) is 43.5 Å². The Balaban J connectivity index is 1.34. The second kappa shape index (κ2) is 11.4. The quantitative estimate of drug-likeness (QED) is 0.404. The van der Waals surface area contributed by atoms with Gasteiger partial charge in [-0.25, -0.2) is 19.9 Å². The highest BCUT2D eigenvalue weighted by atomic mass is 35.5. The summed E-state index contributed by atoms with van der Waals surface area (Å²) in [7, 11) is 0. The molecule has 1 aliphatic heterocycles. The summed E-state index contributed by atoms with van der Waals surface area (Å²) < 4.78 is 39.1. The highest BCUT2D eigenvalue weighted by Gasteiger charge is 2.34. The number of nitrogens with zero attached hydrogens (tertiary/aromatic N) is 5. The van der Waals surface area contributed by atoms with Gasteiger partial charge in [-0.1, -0.05) is 11.6 Å². The molecule has 2 amide bonds. The van der Waals surface area contributed by atoms with Crippen molar-refractivity contribution >= 4 is 46.4 Å². The maximum absolute atomic E-state index is 13.0. The number of pyridine rings is 1. The van der Waals surface area contributed by atoms with Crippen molar-refractivity contribution in [3.05, 3.63) is 57.0 Å². The molecule has 0 atom stereocenters. The first-order valence-electron chi connectivity index (χ1n) is 11.1. The summed E-state index contributed by atoms with van der Waals surface area (Å²) in [4.78, 5) is 43.2. The number of aliphatic hydroxyl groups excluding tert-OH is 1. The molecule has 3 aromatic rings. The van der Waals surface area contributed by atoms with Gasteiger partial charge in [0.2, 0.25) is 0 Å². The van der Waals surface area contributed by atoms with Crippen LogP contribution in [0.1, 0.15) is 43.6 Å². The van der Waals surface area contributed by atoms with E-state index in [-0.39, 0.29) is 35.5 Å². The van der Waals surface area contributed by atoms with Crippen LogP contribution in [0.15, 0.2) is 30.9 Å². The molecule has 1 fully saturated rings. The van der Waals surface area contributed by atoms with E-state index in [2.05, 4.69) is 30.6 Å². The minimum Gasteiger partial charge on any atom is -0.396 e. The topological polar surface area (TPSA) is 133 Å². The summed E-state index contributed by atoms with van der Waals surface area (Å²) in [6, 6.07) is 2.23. The summed E-state index contributed by atoms with van der Waals surface area (Å²) in [6.07, 6.45) is 0.336. The van der Waals surface area contributed by atoms with Crippen molar-refractivity contribution in [1.29, 1.82) is 0 Å². The number of aromatic nitrogens is 4. The van der Waals surface area contributed by atoms with Crippen LogP contribution in [0.5, 0.6) is 0 Å². The number of hydrogen-bond donors (Lipinski definition) is 3. The first-order chi connectivity index (χ1) is 17.6. The molecule has 3 N–H and O–H groups in total. The molecule has 15 heteroatoms. The number of nitrogens with one attached hydrogen (secondary N) is 2. The third kappa shape index (κ3) is 6.70. The molecule has 37 heavy (non-hydrogen) atoms. The number of amides is 2. The van der Waals surface area contributed by atoms with Gasteiger partial charge in [-0.05, 0) is 24.8 Å². The van der Waals surface area contributed by atoms with Gasteiger partial charge in [-0.15, -0.1) is 11.3 Å². The molecule has 3 aromatic heterocycles. The number of rotatable bonds is 7. The van der Waals surface area contributed by atoms with Gasteiger partial charge in [0.1, 0.15) is 33.5 Å². The molecule has 0 unspecified atom stereocenters. The lowest BCUT2D eigenvalue weighted by molar-refractivity contribution is -0.137. The molecule has 0 spiro atoms. The molecule has 0 radical (unpaired) electrons. The van der Waals surface area contributed by atoms with E-state index in [1.807, 2.05) is 4.90 Å². The summed E-state index contributed by atoms with van der Waals surface area (Å²) in [6.45, 7) is 1.60. The van der Waals surface area contributed by atoms with E-state index in [1.54, 1.807) is 6.07 Å². The fraction of sp³-hybridized carbons (Fsp3) is 0.364.